The van der Waals surface area contributed by atoms with Crippen molar-refractivity contribution in [1.82, 2.24) is 0 Å². The molecule has 1 nitrogen and oxygen atoms in total. The molecule has 0 aromatic carbocycles. The lowest BCUT2D eigenvalue weighted by atomic mass is 10.8. The van der Waals surface area contributed by atoms with Gasteiger partial charge in [-0.15, -0.1) is 0 Å². The summed E-state index contributed by atoms with van der Waals surface area (Å²) in [5.41, 5.74) is 0. The highest BCUT2D eigenvalue weighted by atomic mass is 31.1. The molecule has 5 heavy (non-hydrogen) atoms. The maximum Gasteiger partial charge on any atom is 0.328 e. The fourth-order valence-corrected chi connectivity index (χ4v) is 0.177. The van der Waals surface area contributed by atoms with Crippen molar-refractivity contribution in [3.8, 4) is 0 Å². The molecule has 0 bridgehead atoms. The van der Waals surface area contributed by atoms with E-state index in [4.69, 9.17) is 0 Å². The first-order valence-electron chi connectivity index (χ1n) is 1.37. The molecule has 0 aliphatic heterocycles. The molecule has 0 heterocycles. The van der Waals surface area contributed by atoms with Gasteiger partial charge in [-0.05, 0) is 6.08 Å². The third-order valence-electron chi connectivity index (χ3n) is 0.228. The Bertz CT molecular complexity index is 36.2. The van der Waals surface area contributed by atoms with Gasteiger partial charge in [-0.3, -0.25) is 0 Å². The standard InChI is InChI=1S/C3H5OP/c1-2-3-5-4/h2H,1,3H2/p+1. The summed E-state index contributed by atoms with van der Waals surface area (Å²) in [5.74, 6) is 0. The highest BCUT2D eigenvalue weighted by Gasteiger charge is 1.73. The van der Waals surface area contributed by atoms with Gasteiger partial charge < -0.3 is 0 Å². The van der Waals surface area contributed by atoms with Gasteiger partial charge in [-0.25, -0.2) is 0 Å². The number of rotatable bonds is 2. The molecule has 0 aliphatic rings. The fraction of sp³-hybridized carbons (Fsp3) is 0.333. The smallest absolute Gasteiger partial charge is 0.0989 e. The fourth-order valence-electron chi connectivity index (χ4n) is 0.0589. The van der Waals surface area contributed by atoms with Gasteiger partial charge in [0.2, 0.25) is 0 Å². The van der Waals surface area contributed by atoms with E-state index in [1.54, 1.807) is 6.08 Å². The molecular formula is C3H6OP+. The zero-order valence-corrected chi connectivity index (χ0v) is 3.90. The summed E-state index contributed by atoms with van der Waals surface area (Å²) in [6.45, 7) is 3.36. The van der Waals surface area contributed by atoms with Crippen LogP contribution in [0.15, 0.2) is 12.7 Å². The molecule has 0 N–H and O–H groups in total. The monoisotopic (exact) mass is 89.0 g/mol. The lowest BCUT2D eigenvalue weighted by Crippen LogP contribution is -1.47. The molecule has 2 heteroatoms. The Hall–Kier alpha value is -0.160. The largest absolute Gasteiger partial charge is 0.328 e. The maximum absolute atomic E-state index is 9.49. The Balaban J connectivity index is 2.65. The molecule has 0 saturated heterocycles. The van der Waals surface area contributed by atoms with Gasteiger partial charge in [-0.2, -0.15) is 0 Å². The maximum atomic E-state index is 9.49. The third-order valence-corrected chi connectivity index (χ3v) is 0.683. The van der Waals surface area contributed by atoms with Crippen molar-refractivity contribution in [2.75, 3.05) is 6.16 Å². The Kier molecular flexibility index (Phi) is 3.72. The van der Waals surface area contributed by atoms with Gasteiger partial charge in [0.15, 0.2) is 6.16 Å². The molecule has 28 valence electrons. The summed E-state index contributed by atoms with van der Waals surface area (Å²) in [7, 11) is -0.210. The SMILES string of the molecule is C=CC[PH+]=O. The number of hydrogen-bond donors (Lipinski definition) is 0. The molecule has 0 aliphatic carbocycles. The van der Waals surface area contributed by atoms with Crippen LogP contribution in [0.5, 0.6) is 0 Å². The van der Waals surface area contributed by atoms with E-state index in [9.17, 15) is 4.57 Å². The van der Waals surface area contributed by atoms with Crippen molar-refractivity contribution < 1.29 is 4.57 Å². The molecule has 0 fully saturated rings. The Morgan fingerprint density at radius 3 is 2.60 bits per heavy atom. The van der Waals surface area contributed by atoms with Gasteiger partial charge >= 0.3 is 8.46 Å². The molecule has 0 amide bonds. The summed E-state index contributed by atoms with van der Waals surface area (Å²) in [6.07, 6.45) is 2.26. The van der Waals surface area contributed by atoms with Crippen LogP contribution in [0.4, 0.5) is 0 Å². The van der Waals surface area contributed by atoms with Crippen LogP contribution in [-0.4, -0.2) is 6.16 Å². The first kappa shape index (κ1) is 4.84. The van der Waals surface area contributed by atoms with Crippen LogP contribution in [0, 0.1) is 0 Å². The van der Waals surface area contributed by atoms with Gasteiger partial charge in [-0.1, -0.05) is 11.1 Å². The van der Waals surface area contributed by atoms with Crippen LogP contribution in [0.2, 0.25) is 0 Å². The van der Waals surface area contributed by atoms with Crippen molar-refractivity contribution in [1.29, 1.82) is 0 Å². The first-order chi connectivity index (χ1) is 2.41. The van der Waals surface area contributed by atoms with Gasteiger partial charge in [0.25, 0.3) is 0 Å². The minimum Gasteiger partial charge on any atom is -0.0989 e. The van der Waals surface area contributed by atoms with E-state index >= 15 is 0 Å². The molecule has 0 aromatic heterocycles. The van der Waals surface area contributed by atoms with Gasteiger partial charge in [0.1, 0.15) is 0 Å². The van der Waals surface area contributed by atoms with E-state index < -0.39 is 0 Å². The molecule has 0 radical (unpaired) electrons. The van der Waals surface area contributed by atoms with Crippen molar-refractivity contribution in [3.05, 3.63) is 12.7 Å². The van der Waals surface area contributed by atoms with Gasteiger partial charge in [0.05, 0.1) is 0 Å². The molecule has 1 atom stereocenters. The van der Waals surface area contributed by atoms with Crippen LogP contribution >= 0.6 is 8.46 Å². The van der Waals surface area contributed by atoms with Crippen LogP contribution in [0.1, 0.15) is 0 Å². The summed E-state index contributed by atoms with van der Waals surface area (Å²) in [5, 5.41) is 0. The Labute approximate surface area is 32.9 Å². The normalized spacial score (nSPS) is 8.00. The minimum absolute atomic E-state index is 0.210. The summed E-state index contributed by atoms with van der Waals surface area (Å²) >= 11 is 0. The molecular weight excluding hydrogens is 83.0 g/mol. The second kappa shape index (κ2) is 3.84. The van der Waals surface area contributed by atoms with Gasteiger partial charge in [0, 0.05) is 0 Å². The minimum atomic E-state index is -0.210. The topological polar surface area (TPSA) is 17.1 Å². The van der Waals surface area contributed by atoms with E-state index in [2.05, 4.69) is 6.58 Å². The third kappa shape index (κ3) is 3.84. The second-order valence-corrected chi connectivity index (χ2v) is 1.33. The van der Waals surface area contributed by atoms with E-state index in [-0.39, 0.29) is 8.46 Å². The average Bonchev–Trinajstić information content (AvgIpc) is 1.41. The summed E-state index contributed by atoms with van der Waals surface area (Å²) in [6, 6.07) is 0. The van der Waals surface area contributed by atoms with E-state index in [1.165, 1.54) is 0 Å². The highest BCUT2D eigenvalue weighted by Crippen LogP contribution is 1.86. The summed E-state index contributed by atoms with van der Waals surface area (Å²) in [4.78, 5) is 0. The number of hydrogen-bond acceptors (Lipinski definition) is 1. The zero-order valence-electron chi connectivity index (χ0n) is 2.90. The predicted molar refractivity (Wildman–Crippen MR) is 24.1 cm³/mol. The van der Waals surface area contributed by atoms with Crippen LogP contribution in [-0.2, 0) is 4.57 Å². The van der Waals surface area contributed by atoms with Crippen LogP contribution < -0.4 is 0 Å². The van der Waals surface area contributed by atoms with E-state index in [0.717, 1.165) is 0 Å². The van der Waals surface area contributed by atoms with Crippen molar-refractivity contribution >= 4 is 8.46 Å². The molecule has 0 spiro atoms. The molecule has 0 aromatic rings. The van der Waals surface area contributed by atoms with Crippen molar-refractivity contribution in [2.24, 2.45) is 0 Å². The van der Waals surface area contributed by atoms with Crippen LogP contribution in [0.3, 0.4) is 0 Å². The zero-order chi connectivity index (χ0) is 4.12. The lowest BCUT2D eigenvalue weighted by molar-refractivity contribution is 0.600. The van der Waals surface area contributed by atoms with E-state index in [0.29, 0.717) is 6.16 Å². The first-order valence-corrected chi connectivity index (χ1v) is 2.49. The Morgan fingerprint density at radius 1 is 2.00 bits per heavy atom. The molecule has 0 saturated carbocycles. The summed E-state index contributed by atoms with van der Waals surface area (Å²) < 4.78 is 9.49. The predicted octanol–water partition coefficient (Wildman–Crippen LogP) is 1.20. The van der Waals surface area contributed by atoms with Crippen molar-refractivity contribution in [2.45, 2.75) is 0 Å². The quantitative estimate of drug-likeness (QED) is 0.367. The molecule has 1 unspecified atom stereocenters. The lowest BCUT2D eigenvalue weighted by Gasteiger charge is -1.47. The number of allylic oxidation sites excluding steroid dienone is 1. The highest BCUT2D eigenvalue weighted by molar-refractivity contribution is 7.23. The van der Waals surface area contributed by atoms with Crippen molar-refractivity contribution in [3.63, 3.8) is 0 Å². The second-order valence-electron chi connectivity index (χ2n) is 0.637. The average molecular weight is 89.1 g/mol. The molecule has 0 rings (SSSR count). The Morgan fingerprint density at radius 2 is 2.60 bits per heavy atom. The van der Waals surface area contributed by atoms with Crippen LogP contribution in [0.25, 0.3) is 0 Å². The van der Waals surface area contributed by atoms with E-state index in [1.807, 2.05) is 0 Å².